The number of aromatic nitrogens is 1. The van der Waals surface area contributed by atoms with Crippen LogP contribution in [0.1, 0.15) is 21.1 Å². The quantitative estimate of drug-likeness (QED) is 0.829. The van der Waals surface area contributed by atoms with Gasteiger partial charge in [0.05, 0.1) is 12.2 Å². The molecule has 1 heterocycles. The number of thiazole rings is 1. The second-order valence-electron chi connectivity index (χ2n) is 4.02. The van der Waals surface area contributed by atoms with Crippen molar-refractivity contribution in [3.8, 4) is 0 Å². The van der Waals surface area contributed by atoms with Crippen molar-refractivity contribution in [2.45, 2.75) is 27.3 Å². The average Bonchev–Trinajstić information content (AvgIpc) is 2.61. The molecule has 0 aliphatic rings. The summed E-state index contributed by atoms with van der Waals surface area (Å²) in [6, 6.07) is 6.32. The Balaban J connectivity index is 2.10. The summed E-state index contributed by atoms with van der Waals surface area (Å²) in [6.07, 6.45) is 0. The summed E-state index contributed by atoms with van der Waals surface area (Å²) in [4.78, 5) is 5.84. The van der Waals surface area contributed by atoms with Gasteiger partial charge >= 0.3 is 0 Å². The lowest BCUT2D eigenvalue weighted by Gasteiger charge is -2.09. The minimum absolute atomic E-state index is 0.806. The van der Waals surface area contributed by atoms with Crippen LogP contribution in [0.5, 0.6) is 0 Å². The maximum Gasteiger partial charge on any atom is 0.112 e. The molecule has 0 saturated carbocycles. The van der Waals surface area contributed by atoms with Gasteiger partial charge in [-0.05, 0) is 61.1 Å². The third kappa shape index (κ3) is 2.98. The topological polar surface area (TPSA) is 24.9 Å². The number of rotatable bonds is 3. The first-order valence-corrected chi connectivity index (χ1v) is 7.39. The van der Waals surface area contributed by atoms with Gasteiger partial charge in [-0.1, -0.05) is 6.07 Å². The monoisotopic (exact) mass is 358 g/mol. The van der Waals surface area contributed by atoms with E-state index in [1.54, 1.807) is 11.3 Å². The first-order valence-electron chi connectivity index (χ1n) is 5.50. The van der Waals surface area contributed by atoms with Crippen molar-refractivity contribution in [1.29, 1.82) is 0 Å². The summed E-state index contributed by atoms with van der Waals surface area (Å²) in [5.74, 6) is 0. The summed E-state index contributed by atoms with van der Waals surface area (Å²) in [5, 5.41) is 4.60. The minimum atomic E-state index is 0.806. The van der Waals surface area contributed by atoms with E-state index in [2.05, 4.69) is 71.9 Å². The molecule has 0 amide bonds. The largest absolute Gasteiger partial charge is 0.378 e. The van der Waals surface area contributed by atoms with E-state index in [1.807, 2.05) is 0 Å². The van der Waals surface area contributed by atoms with Gasteiger partial charge in [0.1, 0.15) is 5.01 Å². The molecule has 0 unspecified atom stereocenters. The van der Waals surface area contributed by atoms with Crippen molar-refractivity contribution in [3.63, 3.8) is 0 Å². The molecular weight excluding hydrogens is 343 g/mol. The summed E-state index contributed by atoms with van der Waals surface area (Å²) in [5.41, 5.74) is 3.65. The van der Waals surface area contributed by atoms with E-state index in [1.165, 1.54) is 19.7 Å². The molecule has 2 rings (SSSR count). The molecule has 17 heavy (non-hydrogen) atoms. The molecule has 2 nitrogen and oxygen atoms in total. The van der Waals surface area contributed by atoms with Crippen LogP contribution in [0.4, 0.5) is 5.69 Å². The van der Waals surface area contributed by atoms with Gasteiger partial charge in [-0.3, -0.25) is 0 Å². The van der Waals surface area contributed by atoms with Gasteiger partial charge in [0.25, 0.3) is 0 Å². The number of hydrogen-bond acceptors (Lipinski definition) is 3. The lowest BCUT2D eigenvalue weighted by Crippen LogP contribution is -2.01. The van der Waals surface area contributed by atoms with Crippen molar-refractivity contribution < 1.29 is 0 Å². The highest BCUT2D eigenvalue weighted by Crippen LogP contribution is 2.22. The van der Waals surface area contributed by atoms with Crippen LogP contribution in [-0.2, 0) is 6.54 Å². The maximum atomic E-state index is 4.53. The van der Waals surface area contributed by atoms with Crippen LogP contribution in [0.3, 0.4) is 0 Å². The highest BCUT2D eigenvalue weighted by Gasteiger charge is 2.05. The number of hydrogen-bond donors (Lipinski definition) is 1. The Hall–Kier alpha value is -0.620. The Morgan fingerprint density at radius 3 is 2.71 bits per heavy atom. The molecule has 0 spiro atoms. The van der Waals surface area contributed by atoms with E-state index in [9.17, 15) is 0 Å². The summed E-state index contributed by atoms with van der Waals surface area (Å²) in [6.45, 7) is 7.13. The van der Waals surface area contributed by atoms with Crippen molar-refractivity contribution >= 4 is 39.6 Å². The van der Waals surface area contributed by atoms with Crippen molar-refractivity contribution in [2.75, 3.05) is 5.32 Å². The van der Waals surface area contributed by atoms with Crippen molar-refractivity contribution in [2.24, 2.45) is 0 Å². The van der Waals surface area contributed by atoms with Crippen molar-refractivity contribution in [3.05, 3.63) is 42.9 Å². The lowest BCUT2D eigenvalue weighted by molar-refractivity contribution is 1.07. The molecule has 0 fully saturated rings. The van der Waals surface area contributed by atoms with E-state index in [0.29, 0.717) is 0 Å². The second kappa shape index (κ2) is 5.35. The van der Waals surface area contributed by atoms with Crippen LogP contribution < -0.4 is 5.32 Å². The van der Waals surface area contributed by atoms with E-state index in [4.69, 9.17) is 0 Å². The molecule has 1 aromatic carbocycles. The van der Waals surface area contributed by atoms with E-state index in [0.717, 1.165) is 17.2 Å². The fourth-order valence-corrected chi connectivity index (χ4v) is 2.96. The highest BCUT2D eigenvalue weighted by atomic mass is 127. The molecule has 0 bridgehead atoms. The normalized spacial score (nSPS) is 10.6. The first-order chi connectivity index (χ1) is 8.08. The Labute approximate surface area is 120 Å². The van der Waals surface area contributed by atoms with Crippen LogP contribution in [0.2, 0.25) is 0 Å². The second-order valence-corrected chi connectivity index (χ2v) is 6.47. The smallest absolute Gasteiger partial charge is 0.112 e. The zero-order valence-corrected chi connectivity index (χ0v) is 13.1. The summed E-state index contributed by atoms with van der Waals surface area (Å²) < 4.78 is 1.29. The van der Waals surface area contributed by atoms with E-state index >= 15 is 0 Å². The number of nitrogens with one attached hydrogen (secondary N) is 1. The Morgan fingerprint density at radius 1 is 1.29 bits per heavy atom. The lowest BCUT2D eigenvalue weighted by atomic mass is 10.2. The summed E-state index contributed by atoms with van der Waals surface area (Å²) in [7, 11) is 0. The molecule has 1 aromatic heterocycles. The fraction of sp³-hybridized carbons (Fsp3) is 0.308. The average molecular weight is 358 g/mol. The molecule has 0 radical (unpaired) electrons. The van der Waals surface area contributed by atoms with Crippen LogP contribution in [0.25, 0.3) is 0 Å². The Morgan fingerprint density at radius 2 is 2.06 bits per heavy atom. The van der Waals surface area contributed by atoms with Gasteiger partial charge in [0, 0.05) is 14.1 Å². The standard InChI is InChI=1S/C13H15IN2S/c1-8-11(14)5-4-6-12(8)15-7-13-16-9(2)10(3)17-13/h4-6,15H,7H2,1-3H3. The van der Waals surface area contributed by atoms with Crippen LogP contribution in [-0.4, -0.2) is 4.98 Å². The van der Waals surface area contributed by atoms with Crippen LogP contribution in [0, 0.1) is 24.3 Å². The van der Waals surface area contributed by atoms with E-state index < -0.39 is 0 Å². The van der Waals surface area contributed by atoms with Gasteiger partial charge in [-0.2, -0.15) is 0 Å². The molecule has 0 saturated heterocycles. The van der Waals surface area contributed by atoms with Crippen LogP contribution in [0.15, 0.2) is 18.2 Å². The predicted molar refractivity (Wildman–Crippen MR) is 82.8 cm³/mol. The molecule has 2 aromatic rings. The fourth-order valence-electron chi connectivity index (χ4n) is 1.58. The minimum Gasteiger partial charge on any atom is -0.378 e. The highest BCUT2D eigenvalue weighted by molar-refractivity contribution is 14.1. The number of anilines is 1. The zero-order valence-electron chi connectivity index (χ0n) is 10.2. The Kier molecular flexibility index (Phi) is 4.04. The zero-order chi connectivity index (χ0) is 12.4. The molecule has 4 heteroatoms. The maximum absolute atomic E-state index is 4.53. The van der Waals surface area contributed by atoms with Crippen LogP contribution >= 0.6 is 33.9 Å². The van der Waals surface area contributed by atoms with Gasteiger partial charge in [0.2, 0.25) is 0 Å². The third-order valence-corrected chi connectivity index (χ3v) is 5.01. The van der Waals surface area contributed by atoms with Crippen molar-refractivity contribution in [1.82, 2.24) is 4.98 Å². The number of benzene rings is 1. The molecule has 0 atom stereocenters. The van der Waals surface area contributed by atoms with E-state index in [-0.39, 0.29) is 0 Å². The first kappa shape index (κ1) is 12.8. The predicted octanol–water partition coefficient (Wildman–Crippen LogP) is 4.29. The number of halogens is 1. The molecule has 0 aliphatic heterocycles. The number of aryl methyl sites for hydroxylation is 2. The Bertz CT molecular complexity index is 515. The van der Waals surface area contributed by atoms with Gasteiger partial charge in [-0.25, -0.2) is 4.98 Å². The number of nitrogens with zero attached hydrogens (tertiary/aromatic N) is 1. The third-order valence-electron chi connectivity index (χ3n) is 2.77. The van der Waals surface area contributed by atoms with Gasteiger partial charge in [-0.15, -0.1) is 11.3 Å². The van der Waals surface area contributed by atoms with Gasteiger partial charge < -0.3 is 5.32 Å². The molecule has 1 N–H and O–H groups in total. The summed E-state index contributed by atoms with van der Waals surface area (Å²) >= 11 is 4.13. The van der Waals surface area contributed by atoms with Gasteiger partial charge in [0.15, 0.2) is 0 Å². The SMILES string of the molecule is Cc1nc(CNc2cccc(I)c2C)sc1C. The molecule has 0 aliphatic carbocycles. The molecule has 90 valence electrons. The molecular formula is C13H15IN2S.